The first-order chi connectivity index (χ1) is 8.68. The predicted octanol–water partition coefficient (Wildman–Crippen LogP) is 1.94. The number of carbonyl (C=O) groups excluding carboxylic acids is 1. The Kier molecular flexibility index (Phi) is 2.86. The van der Waals surface area contributed by atoms with Gasteiger partial charge in [0, 0.05) is 19.5 Å². The molecule has 0 unspecified atom stereocenters. The number of aryl methyl sites for hydroxylation is 1. The zero-order valence-corrected chi connectivity index (χ0v) is 11.1. The average Bonchev–Trinajstić information content (AvgIpc) is 2.75. The van der Waals surface area contributed by atoms with Crippen LogP contribution in [0.2, 0.25) is 0 Å². The number of nitrogens with one attached hydrogen (secondary N) is 1. The zero-order chi connectivity index (χ0) is 12.7. The molecule has 1 aromatic rings. The third-order valence-electron chi connectivity index (χ3n) is 4.46. The van der Waals surface area contributed by atoms with Crippen molar-refractivity contribution in [3.8, 4) is 0 Å². The molecule has 0 saturated carbocycles. The van der Waals surface area contributed by atoms with Crippen LogP contribution in [-0.2, 0) is 4.79 Å². The second kappa shape index (κ2) is 4.39. The maximum atomic E-state index is 11.8. The normalized spacial score (nSPS) is 27.4. The molecule has 0 radical (unpaired) electrons. The molecule has 1 N–H and O–H groups in total. The van der Waals surface area contributed by atoms with Gasteiger partial charge in [0.2, 0.25) is 5.91 Å². The van der Waals surface area contributed by atoms with Crippen molar-refractivity contribution in [1.82, 2.24) is 10.2 Å². The largest absolute Gasteiger partial charge is 0.337 e. The van der Waals surface area contributed by atoms with Gasteiger partial charge in [-0.25, -0.2) is 0 Å². The number of carbonyl (C=O) groups is 1. The third-order valence-corrected chi connectivity index (χ3v) is 4.46. The molecule has 2 atom stereocenters. The van der Waals surface area contributed by atoms with Gasteiger partial charge >= 0.3 is 0 Å². The second-order valence-corrected chi connectivity index (χ2v) is 5.41. The SMILES string of the molecule is Cc1cccc([C@@H]2NCCN3C(=O)CC[C@@H]23)c1C. The molecule has 2 saturated heterocycles. The first-order valence-electron chi connectivity index (χ1n) is 6.77. The molecule has 0 bridgehead atoms. The van der Waals surface area contributed by atoms with E-state index >= 15 is 0 Å². The Morgan fingerprint density at radius 1 is 1.33 bits per heavy atom. The molecule has 3 heteroatoms. The van der Waals surface area contributed by atoms with Crippen LogP contribution in [0.1, 0.15) is 35.6 Å². The summed E-state index contributed by atoms with van der Waals surface area (Å²) >= 11 is 0. The fraction of sp³-hybridized carbons (Fsp3) is 0.533. The monoisotopic (exact) mass is 244 g/mol. The van der Waals surface area contributed by atoms with E-state index in [1.165, 1.54) is 16.7 Å². The molecule has 1 amide bonds. The minimum Gasteiger partial charge on any atom is -0.337 e. The molecule has 2 aliphatic rings. The van der Waals surface area contributed by atoms with Crippen molar-refractivity contribution in [3.63, 3.8) is 0 Å². The van der Waals surface area contributed by atoms with E-state index in [0.29, 0.717) is 24.4 Å². The lowest BCUT2D eigenvalue weighted by Gasteiger charge is -2.38. The molecule has 2 aliphatic heterocycles. The number of hydrogen-bond donors (Lipinski definition) is 1. The predicted molar refractivity (Wildman–Crippen MR) is 71.4 cm³/mol. The van der Waals surface area contributed by atoms with E-state index < -0.39 is 0 Å². The van der Waals surface area contributed by atoms with Crippen LogP contribution in [0.3, 0.4) is 0 Å². The maximum Gasteiger partial charge on any atom is 0.223 e. The second-order valence-electron chi connectivity index (χ2n) is 5.41. The Balaban J connectivity index is 1.96. The molecule has 18 heavy (non-hydrogen) atoms. The fourth-order valence-corrected chi connectivity index (χ4v) is 3.30. The van der Waals surface area contributed by atoms with Gasteiger partial charge in [0.05, 0.1) is 12.1 Å². The number of amides is 1. The van der Waals surface area contributed by atoms with Crippen LogP contribution >= 0.6 is 0 Å². The van der Waals surface area contributed by atoms with Gasteiger partial charge in [0.1, 0.15) is 0 Å². The molecule has 2 fully saturated rings. The number of piperazine rings is 1. The molecule has 3 nitrogen and oxygen atoms in total. The van der Waals surface area contributed by atoms with E-state index in [0.717, 1.165) is 19.5 Å². The Labute approximate surface area is 108 Å². The van der Waals surface area contributed by atoms with Crippen LogP contribution in [0.4, 0.5) is 0 Å². The first-order valence-corrected chi connectivity index (χ1v) is 6.77. The summed E-state index contributed by atoms with van der Waals surface area (Å²) < 4.78 is 0. The zero-order valence-electron chi connectivity index (χ0n) is 11.1. The van der Waals surface area contributed by atoms with Crippen molar-refractivity contribution in [2.24, 2.45) is 0 Å². The maximum absolute atomic E-state index is 11.8. The minimum atomic E-state index is 0.310. The van der Waals surface area contributed by atoms with E-state index in [1.54, 1.807) is 0 Å². The summed E-state index contributed by atoms with van der Waals surface area (Å²) in [4.78, 5) is 13.9. The van der Waals surface area contributed by atoms with Crippen molar-refractivity contribution in [3.05, 3.63) is 34.9 Å². The van der Waals surface area contributed by atoms with Crippen molar-refractivity contribution in [2.75, 3.05) is 13.1 Å². The van der Waals surface area contributed by atoms with Gasteiger partial charge in [-0.05, 0) is 37.0 Å². The average molecular weight is 244 g/mol. The van der Waals surface area contributed by atoms with E-state index in [-0.39, 0.29) is 0 Å². The smallest absolute Gasteiger partial charge is 0.223 e. The Morgan fingerprint density at radius 2 is 2.17 bits per heavy atom. The molecule has 2 heterocycles. The molecular formula is C15H20N2O. The summed E-state index contributed by atoms with van der Waals surface area (Å²) in [6.07, 6.45) is 1.71. The number of rotatable bonds is 1. The van der Waals surface area contributed by atoms with Gasteiger partial charge in [0.15, 0.2) is 0 Å². The topological polar surface area (TPSA) is 32.3 Å². The standard InChI is InChI=1S/C15H20N2O/c1-10-4-3-5-12(11(10)2)15-13-6-7-14(18)17(13)9-8-16-15/h3-5,13,15-16H,6-9H2,1-2H3/t13-,15-/m0/s1. The van der Waals surface area contributed by atoms with Crippen molar-refractivity contribution < 1.29 is 4.79 Å². The molecular weight excluding hydrogens is 224 g/mol. The first kappa shape index (κ1) is 11.7. The third kappa shape index (κ3) is 1.74. The number of benzene rings is 1. The summed E-state index contributed by atoms with van der Waals surface area (Å²) in [5.41, 5.74) is 4.05. The van der Waals surface area contributed by atoms with Gasteiger partial charge in [-0.2, -0.15) is 0 Å². The van der Waals surface area contributed by atoms with Crippen molar-refractivity contribution in [1.29, 1.82) is 0 Å². The highest BCUT2D eigenvalue weighted by Gasteiger charge is 2.39. The summed E-state index contributed by atoms with van der Waals surface area (Å²) in [6, 6.07) is 7.14. The lowest BCUT2D eigenvalue weighted by molar-refractivity contribution is -0.130. The molecule has 96 valence electrons. The lowest BCUT2D eigenvalue weighted by atomic mass is 9.90. The van der Waals surface area contributed by atoms with E-state index in [2.05, 4.69) is 42.3 Å². The number of fused-ring (bicyclic) bond motifs is 1. The summed E-state index contributed by atoms with van der Waals surface area (Å²) in [5.74, 6) is 0.330. The van der Waals surface area contributed by atoms with E-state index in [9.17, 15) is 4.79 Å². The quantitative estimate of drug-likeness (QED) is 0.819. The van der Waals surface area contributed by atoms with Crippen LogP contribution in [0.15, 0.2) is 18.2 Å². The van der Waals surface area contributed by atoms with Gasteiger partial charge in [-0.15, -0.1) is 0 Å². The summed E-state index contributed by atoms with van der Waals surface area (Å²) in [5, 5.41) is 3.60. The molecule has 3 rings (SSSR count). The highest BCUT2D eigenvalue weighted by atomic mass is 16.2. The molecule has 0 aliphatic carbocycles. The molecule has 0 aromatic heterocycles. The van der Waals surface area contributed by atoms with Gasteiger partial charge < -0.3 is 10.2 Å². The highest BCUT2D eigenvalue weighted by molar-refractivity contribution is 5.79. The van der Waals surface area contributed by atoms with Crippen LogP contribution in [0.5, 0.6) is 0 Å². The van der Waals surface area contributed by atoms with Crippen LogP contribution < -0.4 is 5.32 Å². The van der Waals surface area contributed by atoms with E-state index in [4.69, 9.17) is 0 Å². The highest BCUT2D eigenvalue weighted by Crippen LogP contribution is 2.34. The Bertz CT molecular complexity index is 483. The van der Waals surface area contributed by atoms with Gasteiger partial charge in [-0.1, -0.05) is 18.2 Å². The summed E-state index contributed by atoms with van der Waals surface area (Å²) in [7, 11) is 0. The van der Waals surface area contributed by atoms with E-state index in [1.807, 2.05) is 0 Å². The minimum absolute atomic E-state index is 0.310. The van der Waals surface area contributed by atoms with Crippen LogP contribution in [0, 0.1) is 13.8 Å². The van der Waals surface area contributed by atoms with Gasteiger partial charge in [-0.3, -0.25) is 4.79 Å². The fourth-order valence-electron chi connectivity index (χ4n) is 3.30. The number of nitrogens with zero attached hydrogens (tertiary/aromatic N) is 1. The Morgan fingerprint density at radius 3 is 3.00 bits per heavy atom. The lowest BCUT2D eigenvalue weighted by Crippen LogP contribution is -2.51. The molecule has 0 spiro atoms. The van der Waals surface area contributed by atoms with Crippen LogP contribution in [-0.4, -0.2) is 29.9 Å². The number of hydrogen-bond acceptors (Lipinski definition) is 2. The Hall–Kier alpha value is -1.35. The molecule has 1 aromatic carbocycles. The van der Waals surface area contributed by atoms with Crippen LogP contribution in [0.25, 0.3) is 0 Å². The summed E-state index contributed by atoms with van der Waals surface area (Å²) in [6.45, 7) is 6.10. The van der Waals surface area contributed by atoms with Gasteiger partial charge in [0.25, 0.3) is 0 Å². The van der Waals surface area contributed by atoms with Crippen molar-refractivity contribution in [2.45, 2.75) is 38.8 Å². The van der Waals surface area contributed by atoms with Crippen molar-refractivity contribution >= 4 is 5.91 Å².